The maximum atomic E-state index is 9.93. The van der Waals surface area contributed by atoms with Gasteiger partial charge in [-0.25, -0.2) is 0 Å². The molecule has 1 fully saturated rings. The number of rotatable bonds is 13. The average molecular weight is 299 g/mol. The summed E-state index contributed by atoms with van der Waals surface area (Å²) in [5.41, 5.74) is 0. The van der Waals surface area contributed by atoms with Gasteiger partial charge in [0.05, 0.1) is 12.7 Å². The summed E-state index contributed by atoms with van der Waals surface area (Å²) >= 11 is 0. The van der Waals surface area contributed by atoms with Crippen molar-refractivity contribution in [3.05, 3.63) is 0 Å². The lowest BCUT2D eigenvalue weighted by Gasteiger charge is -2.22. The Labute approximate surface area is 131 Å². The molecular weight excluding hydrogens is 262 g/mol. The molecule has 0 aromatic rings. The van der Waals surface area contributed by atoms with Crippen LogP contribution in [0.5, 0.6) is 0 Å². The van der Waals surface area contributed by atoms with Crippen molar-refractivity contribution >= 4 is 0 Å². The van der Waals surface area contributed by atoms with E-state index in [0.29, 0.717) is 19.2 Å². The van der Waals surface area contributed by atoms with Crippen LogP contribution in [-0.2, 0) is 4.74 Å². The van der Waals surface area contributed by atoms with Crippen LogP contribution in [0.25, 0.3) is 0 Å². The topological polar surface area (TPSA) is 41.5 Å². The van der Waals surface area contributed by atoms with E-state index < -0.39 is 0 Å². The van der Waals surface area contributed by atoms with Gasteiger partial charge in [-0.1, -0.05) is 51.9 Å². The van der Waals surface area contributed by atoms with Crippen molar-refractivity contribution < 1.29 is 9.84 Å². The molecule has 1 saturated carbocycles. The van der Waals surface area contributed by atoms with Crippen LogP contribution in [0.3, 0.4) is 0 Å². The summed E-state index contributed by atoms with van der Waals surface area (Å²) in [6.07, 6.45) is 12.8. The average Bonchev–Trinajstić information content (AvgIpc) is 3.02. The Kier molecular flexibility index (Phi) is 11.2. The van der Waals surface area contributed by atoms with E-state index in [1.54, 1.807) is 0 Å². The standard InChI is InChI=1S/C18H37NO2/c1-3-4-5-6-7-10-13-21-15-18(20)14-19-16(2)17-11-8-9-12-17/h16-20H,3-15H2,1-2H3. The predicted octanol–water partition coefficient (Wildman–Crippen LogP) is 3.89. The fourth-order valence-electron chi connectivity index (χ4n) is 3.21. The molecule has 1 aliphatic carbocycles. The zero-order valence-corrected chi connectivity index (χ0v) is 14.3. The molecule has 21 heavy (non-hydrogen) atoms. The molecule has 2 unspecified atom stereocenters. The van der Waals surface area contributed by atoms with Crippen LogP contribution in [0.4, 0.5) is 0 Å². The molecule has 0 spiro atoms. The lowest BCUT2D eigenvalue weighted by Crippen LogP contribution is -2.39. The fraction of sp³-hybridized carbons (Fsp3) is 1.00. The monoisotopic (exact) mass is 299 g/mol. The van der Waals surface area contributed by atoms with E-state index in [0.717, 1.165) is 18.9 Å². The number of nitrogens with one attached hydrogen (secondary N) is 1. The molecule has 0 aromatic carbocycles. The summed E-state index contributed by atoms with van der Waals surface area (Å²) in [7, 11) is 0. The summed E-state index contributed by atoms with van der Waals surface area (Å²) < 4.78 is 5.57. The summed E-state index contributed by atoms with van der Waals surface area (Å²) in [5, 5.41) is 13.4. The van der Waals surface area contributed by atoms with E-state index in [2.05, 4.69) is 19.2 Å². The van der Waals surface area contributed by atoms with Gasteiger partial charge < -0.3 is 15.2 Å². The van der Waals surface area contributed by atoms with E-state index in [4.69, 9.17) is 4.74 Å². The molecule has 0 amide bonds. The summed E-state index contributed by atoms with van der Waals surface area (Å²) in [5.74, 6) is 0.807. The molecule has 1 rings (SSSR count). The van der Waals surface area contributed by atoms with Crippen LogP contribution >= 0.6 is 0 Å². The van der Waals surface area contributed by atoms with Gasteiger partial charge in [-0.15, -0.1) is 0 Å². The molecule has 2 atom stereocenters. The Morgan fingerprint density at radius 3 is 2.48 bits per heavy atom. The van der Waals surface area contributed by atoms with E-state index in [9.17, 15) is 5.11 Å². The molecule has 0 radical (unpaired) electrons. The van der Waals surface area contributed by atoms with Gasteiger partial charge in [-0.2, -0.15) is 0 Å². The van der Waals surface area contributed by atoms with Gasteiger partial charge in [-0.05, 0) is 32.1 Å². The highest BCUT2D eigenvalue weighted by Gasteiger charge is 2.21. The lowest BCUT2D eigenvalue weighted by atomic mass is 10.00. The minimum Gasteiger partial charge on any atom is -0.389 e. The molecule has 1 aliphatic rings. The van der Waals surface area contributed by atoms with Gasteiger partial charge in [0, 0.05) is 19.2 Å². The van der Waals surface area contributed by atoms with Crippen molar-refractivity contribution in [2.75, 3.05) is 19.8 Å². The number of aliphatic hydroxyl groups is 1. The second kappa shape index (κ2) is 12.4. The summed E-state index contributed by atoms with van der Waals surface area (Å²) in [6, 6.07) is 0.528. The smallest absolute Gasteiger partial charge is 0.0897 e. The third-order valence-electron chi connectivity index (χ3n) is 4.73. The van der Waals surface area contributed by atoms with Crippen molar-refractivity contribution in [1.29, 1.82) is 0 Å². The Balaban J connectivity index is 1.88. The third kappa shape index (κ3) is 9.49. The second-order valence-corrected chi connectivity index (χ2v) is 6.74. The van der Waals surface area contributed by atoms with Crippen molar-refractivity contribution in [2.45, 2.75) is 90.2 Å². The van der Waals surface area contributed by atoms with Crippen molar-refractivity contribution in [3.63, 3.8) is 0 Å². The number of hydrogen-bond donors (Lipinski definition) is 2. The molecule has 0 aromatic heterocycles. The van der Waals surface area contributed by atoms with Crippen LogP contribution in [0, 0.1) is 5.92 Å². The maximum Gasteiger partial charge on any atom is 0.0897 e. The van der Waals surface area contributed by atoms with E-state index in [-0.39, 0.29) is 6.10 Å². The third-order valence-corrected chi connectivity index (χ3v) is 4.73. The van der Waals surface area contributed by atoms with Gasteiger partial charge in [0.1, 0.15) is 0 Å². The van der Waals surface area contributed by atoms with E-state index in [1.165, 1.54) is 57.8 Å². The first-order chi connectivity index (χ1) is 10.2. The first-order valence-corrected chi connectivity index (χ1v) is 9.23. The highest BCUT2D eigenvalue weighted by Crippen LogP contribution is 2.27. The van der Waals surface area contributed by atoms with Crippen molar-refractivity contribution in [3.8, 4) is 0 Å². The number of ether oxygens (including phenoxy) is 1. The molecule has 0 heterocycles. The van der Waals surface area contributed by atoms with Crippen LogP contribution in [-0.4, -0.2) is 37.0 Å². The molecule has 0 bridgehead atoms. The zero-order chi connectivity index (χ0) is 15.3. The predicted molar refractivity (Wildman–Crippen MR) is 89.6 cm³/mol. The molecule has 0 saturated heterocycles. The van der Waals surface area contributed by atoms with Crippen LogP contribution in [0.2, 0.25) is 0 Å². The van der Waals surface area contributed by atoms with Crippen LogP contribution in [0.15, 0.2) is 0 Å². The van der Waals surface area contributed by atoms with E-state index in [1.807, 2.05) is 0 Å². The first kappa shape index (κ1) is 18.9. The Morgan fingerprint density at radius 2 is 1.76 bits per heavy atom. The Hall–Kier alpha value is -0.120. The maximum absolute atomic E-state index is 9.93. The molecular formula is C18H37NO2. The van der Waals surface area contributed by atoms with Crippen molar-refractivity contribution in [1.82, 2.24) is 5.32 Å². The van der Waals surface area contributed by atoms with Crippen LogP contribution < -0.4 is 5.32 Å². The number of aliphatic hydroxyl groups excluding tert-OH is 1. The molecule has 3 nitrogen and oxygen atoms in total. The SMILES string of the molecule is CCCCCCCCOCC(O)CNC(C)C1CCCC1. The molecule has 3 heteroatoms. The fourth-order valence-corrected chi connectivity index (χ4v) is 3.21. The summed E-state index contributed by atoms with van der Waals surface area (Å²) in [4.78, 5) is 0. The largest absolute Gasteiger partial charge is 0.389 e. The highest BCUT2D eigenvalue weighted by molar-refractivity contribution is 4.78. The minimum absolute atomic E-state index is 0.367. The Morgan fingerprint density at radius 1 is 1.10 bits per heavy atom. The van der Waals surface area contributed by atoms with Gasteiger partial charge in [0.25, 0.3) is 0 Å². The molecule has 2 N–H and O–H groups in total. The zero-order valence-electron chi connectivity index (χ0n) is 14.3. The second-order valence-electron chi connectivity index (χ2n) is 6.74. The highest BCUT2D eigenvalue weighted by atomic mass is 16.5. The van der Waals surface area contributed by atoms with Crippen LogP contribution in [0.1, 0.15) is 78.1 Å². The molecule has 126 valence electrons. The quantitative estimate of drug-likeness (QED) is 0.507. The minimum atomic E-state index is -0.367. The summed E-state index contributed by atoms with van der Waals surface area (Å²) in [6.45, 7) is 6.42. The van der Waals surface area contributed by atoms with Gasteiger partial charge in [0.15, 0.2) is 0 Å². The van der Waals surface area contributed by atoms with Gasteiger partial charge >= 0.3 is 0 Å². The Bertz CT molecular complexity index is 229. The first-order valence-electron chi connectivity index (χ1n) is 9.23. The normalized spacial score (nSPS) is 19.0. The van der Waals surface area contributed by atoms with Gasteiger partial charge in [-0.3, -0.25) is 0 Å². The molecule has 0 aliphatic heterocycles. The van der Waals surface area contributed by atoms with Gasteiger partial charge in [0.2, 0.25) is 0 Å². The number of unbranched alkanes of at least 4 members (excludes halogenated alkanes) is 5. The lowest BCUT2D eigenvalue weighted by molar-refractivity contribution is 0.0334. The number of hydrogen-bond acceptors (Lipinski definition) is 3. The van der Waals surface area contributed by atoms with Crippen molar-refractivity contribution in [2.24, 2.45) is 5.92 Å². The van der Waals surface area contributed by atoms with E-state index >= 15 is 0 Å².